The number of benzene rings is 7. The molecule has 0 fully saturated rings. The highest BCUT2D eigenvalue weighted by Crippen LogP contribution is 2.36. The highest BCUT2D eigenvalue weighted by molar-refractivity contribution is 6.07. The summed E-state index contributed by atoms with van der Waals surface area (Å²) in [4.78, 5) is 15.4. The van der Waals surface area contributed by atoms with E-state index in [2.05, 4.69) is 97.1 Å². The Hall–Kier alpha value is -6.85. The Morgan fingerprint density at radius 2 is 0.700 bits per heavy atom. The van der Waals surface area contributed by atoms with Crippen LogP contribution in [0.2, 0.25) is 0 Å². The summed E-state index contributed by atoms with van der Waals surface area (Å²) in [6, 6.07) is 55.9. The van der Waals surface area contributed by atoms with Gasteiger partial charge in [-0.2, -0.15) is 0 Å². The summed E-state index contributed by atoms with van der Waals surface area (Å²) < 4.78 is 12.4. The van der Waals surface area contributed by atoms with Gasteiger partial charge in [0.1, 0.15) is 22.3 Å². The molecule has 0 saturated carbocycles. The molecule has 0 radical (unpaired) electrons. The molecule has 0 unspecified atom stereocenters. The first-order valence-electron chi connectivity index (χ1n) is 16.6. The van der Waals surface area contributed by atoms with Crippen LogP contribution in [0.5, 0.6) is 0 Å². The average Bonchev–Trinajstić information content (AvgIpc) is 3.76. The van der Waals surface area contributed by atoms with Gasteiger partial charge in [0.05, 0.1) is 0 Å². The van der Waals surface area contributed by atoms with Crippen LogP contribution >= 0.6 is 0 Å². The van der Waals surface area contributed by atoms with E-state index in [-0.39, 0.29) is 0 Å². The molecule has 0 saturated heterocycles. The Morgan fingerprint density at radius 3 is 1.34 bits per heavy atom. The van der Waals surface area contributed by atoms with Crippen molar-refractivity contribution in [1.82, 2.24) is 15.0 Å². The molecular formula is C45H27N3O2. The fourth-order valence-electron chi connectivity index (χ4n) is 6.84. The number of fused-ring (bicyclic) bond motifs is 6. The first-order chi connectivity index (χ1) is 24.7. The molecule has 0 N–H and O–H groups in total. The quantitative estimate of drug-likeness (QED) is 0.187. The predicted molar refractivity (Wildman–Crippen MR) is 202 cm³/mol. The van der Waals surface area contributed by atoms with Gasteiger partial charge in [-0.05, 0) is 82.9 Å². The van der Waals surface area contributed by atoms with Gasteiger partial charge in [0, 0.05) is 38.2 Å². The van der Waals surface area contributed by atoms with Gasteiger partial charge in [-0.3, -0.25) is 0 Å². The van der Waals surface area contributed by atoms with Gasteiger partial charge in [-0.15, -0.1) is 0 Å². The molecule has 0 aliphatic rings. The second kappa shape index (κ2) is 11.4. The van der Waals surface area contributed by atoms with Gasteiger partial charge in [0.25, 0.3) is 0 Å². The zero-order valence-electron chi connectivity index (χ0n) is 26.7. The van der Waals surface area contributed by atoms with Gasteiger partial charge in [0.15, 0.2) is 17.5 Å². The minimum absolute atomic E-state index is 0.566. The number of hydrogen-bond acceptors (Lipinski definition) is 5. The van der Waals surface area contributed by atoms with Crippen LogP contribution in [0.15, 0.2) is 173 Å². The third-order valence-electron chi connectivity index (χ3n) is 9.31. The lowest BCUT2D eigenvalue weighted by molar-refractivity contribution is 0.668. The van der Waals surface area contributed by atoms with Crippen molar-refractivity contribution in [1.29, 1.82) is 0 Å². The second-order valence-corrected chi connectivity index (χ2v) is 12.5. The maximum absolute atomic E-state index is 6.27. The molecule has 0 amide bonds. The number of rotatable bonds is 5. The largest absolute Gasteiger partial charge is 0.456 e. The molecule has 10 aromatic rings. The third kappa shape index (κ3) is 4.83. The smallest absolute Gasteiger partial charge is 0.164 e. The van der Waals surface area contributed by atoms with Crippen LogP contribution in [0.25, 0.3) is 100 Å². The van der Waals surface area contributed by atoms with E-state index in [1.54, 1.807) is 0 Å². The molecule has 50 heavy (non-hydrogen) atoms. The van der Waals surface area contributed by atoms with E-state index < -0.39 is 0 Å². The molecule has 0 bridgehead atoms. The standard InChI is InChI=1S/C45H27N3O2/c1-3-11-28(12-4-1)32-23-33(29-13-5-2-6-14-29)25-34(24-32)45-47-43(30-20-22-41-38(26-30)36-16-8-10-18-40(36)49-41)46-44(48-45)31-19-21-37-35-15-7-9-17-39(35)50-42(37)27-31/h1-27H. The molecule has 0 aliphatic carbocycles. The normalized spacial score (nSPS) is 11.6. The van der Waals surface area contributed by atoms with Gasteiger partial charge in [0.2, 0.25) is 0 Å². The van der Waals surface area contributed by atoms with E-state index >= 15 is 0 Å². The van der Waals surface area contributed by atoms with Crippen molar-refractivity contribution in [2.75, 3.05) is 0 Å². The van der Waals surface area contributed by atoms with E-state index in [1.165, 1.54) is 0 Å². The minimum atomic E-state index is 0.566. The number of nitrogens with zero attached hydrogens (tertiary/aromatic N) is 3. The Balaban J connectivity index is 1.21. The van der Waals surface area contributed by atoms with Gasteiger partial charge >= 0.3 is 0 Å². The molecule has 0 spiro atoms. The molecule has 10 rings (SSSR count). The van der Waals surface area contributed by atoms with E-state index in [4.69, 9.17) is 23.8 Å². The van der Waals surface area contributed by atoms with Gasteiger partial charge in [-0.25, -0.2) is 15.0 Å². The van der Waals surface area contributed by atoms with Crippen molar-refractivity contribution >= 4 is 43.9 Å². The summed E-state index contributed by atoms with van der Waals surface area (Å²) in [6.45, 7) is 0. The van der Waals surface area contributed by atoms with Crippen LogP contribution < -0.4 is 0 Å². The van der Waals surface area contributed by atoms with Crippen molar-refractivity contribution in [2.24, 2.45) is 0 Å². The fraction of sp³-hybridized carbons (Fsp3) is 0. The fourth-order valence-corrected chi connectivity index (χ4v) is 6.84. The van der Waals surface area contributed by atoms with Crippen molar-refractivity contribution in [3.8, 4) is 56.4 Å². The van der Waals surface area contributed by atoms with Crippen molar-refractivity contribution in [3.05, 3.63) is 164 Å². The van der Waals surface area contributed by atoms with Crippen molar-refractivity contribution in [3.63, 3.8) is 0 Å². The maximum atomic E-state index is 6.27. The Kier molecular flexibility index (Phi) is 6.42. The molecule has 5 nitrogen and oxygen atoms in total. The van der Waals surface area contributed by atoms with Crippen LogP contribution in [0.1, 0.15) is 0 Å². The summed E-state index contributed by atoms with van der Waals surface area (Å²) in [7, 11) is 0. The maximum Gasteiger partial charge on any atom is 0.164 e. The number of hydrogen-bond donors (Lipinski definition) is 0. The molecule has 0 atom stereocenters. The highest BCUT2D eigenvalue weighted by atomic mass is 16.3. The van der Waals surface area contributed by atoms with Crippen LogP contribution in [0.3, 0.4) is 0 Å². The van der Waals surface area contributed by atoms with E-state index in [0.717, 1.165) is 82.8 Å². The molecule has 234 valence electrons. The van der Waals surface area contributed by atoms with E-state index in [1.807, 2.05) is 66.7 Å². The highest BCUT2D eigenvalue weighted by Gasteiger charge is 2.17. The molecule has 7 aromatic carbocycles. The van der Waals surface area contributed by atoms with Crippen LogP contribution in [-0.4, -0.2) is 15.0 Å². The lowest BCUT2D eigenvalue weighted by atomic mass is 9.96. The zero-order chi connectivity index (χ0) is 33.0. The lowest BCUT2D eigenvalue weighted by Gasteiger charge is -2.12. The Labute approximate surface area is 287 Å². The summed E-state index contributed by atoms with van der Waals surface area (Å²) in [5.41, 5.74) is 10.3. The van der Waals surface area contributed by atoms with Crippen LogP contribution in [0.4, 0.5) is 0 Å². The molecule has 5 heteroatoms. The van der Waals surface area contributed by atoms with Gasteiger partial charge < -0.3 is 8.83 Å². The zero-order valence-corrected chi connectivity index (χ0v) is 26.7. The van der Waals surface area contributed by atoms with Crippen molar-refractivity contribution < 1.29 is 8.83 Å². The molecule has 3 aromatic heterocycles. The Morgan fingerprint density at radius 1 is 0.260 bits per heavy atom. The predicted octanol–water partition coefficient (Wildman–Crippen LogP) is 12.0. The molecule has 3 heterocycles. The average molecular weight is 642 g/mol. The third-order valence-corrected chi connectivity index (χ3v) is 9.31. The number of para-hydroxylation sites is 2. The second-order valence-electron chi connectivity index (χ2n) is 12.5. The van der Waals surface area contributed by atoms with E-state index in [9.17, 15) is 0 Å². The van der Waals surface area contributed by atoms with Crippen LogP contribution in [-0.2, 0) is 0 Å². The summed E-state index contributed by atoms with van der Waals surface area (Å²) in [5.74, 6) is 1.73. The van der Waals surface area contributed by atoms with Gasteiger partial charge in [-0.1, -0.05) is 103 Å². The molecular weight excluding hydrogens is 615 g/mol. The summed E-state index contributed by atoms with van der Waals surface area (Å²) in [6.07, 6.45) is 0. The summed E-state index contributed by atoms with van der Waals surface area (Å²) >= 11 is 0. The number of aromatic nitrogens is 3. The van der Waals surface area contributed by atoms with Crippen LogP contribution in [0, 0.1) is 0 Å². The monoisotopic (exact) mass is 641 g/mol. The van der Waals surface area contributed by atoms with E-state index in [0.29, 0.717) is 17.5 Å². The number of furan rings is 2. The lowest BCUT2D eigenvalue weighted by Crippen LogP contribution is -2.00. The summed E-state index contributed by atoms with van der Waals surface area (Å²) in [5, 5.41) is 4.21. The van der Waals surface area contributed by atoms with Crippen molar-refractivity contribution in [2.45, 2.75) is 0 Å². The Bertz CT molecular complexity index is 2810. The topological polar surface area (TPSA) is 65.0 Å². The first kappa shape index (κ1) is 28.2. The minimum Gasteiger partial charge on any atom is -0.456 e. The SMILES string of the molecule is c1ccc(-c2cc(-c3ccccc3)cc(-c3nc(-c4ccc5c(c4)oc4ccccc45)nc(-c4ccc5oc6ccccc6c5c4)n3)c2)cc1. The first-order valence-corrected chi connectivity index (χ1v) is 16.6. The molecule has 0 aliphatic heterocycles.